The van der Waals surface area contributed by atoms with Gasteiger partial charge >= 0.3 is 11.5 Å². The molecule has 1 aromatic heterocycles. The monoisotopic (exact) mass is 654 g/mol. The third kappa shape index (κ3) is 6.02. The molecule has 0 bridgehead atoms. The van der Waals surface area contributed by atoms with Crippen LogP contribution in [-0.4, -0.2) is 35.0 Å². The van der Waals surface area contributed by atoms with Crippen LogP contribution in [-0.2, 0) is 29.8 Å². The number of rotatable bonds is 7. The van der Waals surface area contributed by atoms with Gasteiger partial charge < -0.3 is 14.6 Å². The molecule has 3 aromatic rings. The van der Waals surface area contributed by atoms with E-state index < -0.39 is 34.2 Å². The first-order valence-corrected chi connectivity index (χ1v) is 14.3. The van der Waals surface area contributed by atoms with E-state index >= 15 is 0 Å². The Morgan fingerprint density at radius 1 is 1.17 bits per heavy atom. The van der Waals surface area contributed by atoms with Gasteiger partial charge in [-0.1, -0.05) is 52.2 Å². The van der Waals surface area contributed by atoms with Crippen LogP contribution in [0.5, 0.6) is 0 Å². The molecule has 10 nitrogen and oxygen atoms in total. The Balaban J connectivity index is 1.51. The van der Waals surface area contributed by atoms with Gasteiger partial charge in [0.1, 0.15) is 11.3 Å². The van der Waals surface area contributed by atoms with Crippen LogP contribution in [0.4, 0.5) is 19.3 Å². The second kappa shape index (κ2) is 12.0. The van der Waals surface area contributed by atoms with Crippen LogP contribution in [0.15, 0.2) is 56.1 Å². The van der Waals surface area contributed by atoms with Gasteiger partial charge in [0.05, 0.1) is 23.2 Å². The summed E-state index contributed by atoms with van der Waals surface area (Å²) in [6.07, 6.45) is 0.216. The van der Waals surface area contributed by atoms with Crippen LogP contribution in [0, 0.1) is 0 Å². The summed E-state index contributed by atoms with van der Waals surface area (Å²) in [6.45, 7) is 0.961. The lowest BCUT2D eigenvalue weighted by Gasteiger charge is -2.26. The molecular weight excluding hydrogens is 637 g/mol. The number of pyridine rings is 1. The number of nitrogens with one attached hydrogen (secondary N) is 1. The summed E-state index contributed by atoms with van der Waals surface area (Å²) in [4.78, 5) is 46.8. The van der Waals surface area contributed by atoms with Gasteiger partial charge in [-0.05, 0) is 64.5 Å². The molecule has 0 radical (unpaired) electrons. The molecule has 0 unspecified atom stereocenters. The third-order valence-corrected chi connectivity index (χ3v) is 8.99. The van der Waals surface area contributed by atoms with Crippen molar-refractivity contribution in [3.8, 4) is 0 Å². The normalized spacial score (nSPS) is 14.8. The number of benzene rings is 2. The van der Waals surface area contributed by atoms with Crippen LogP contribution in [0.2, 0.25) is 10.0 Å². The Bertz CT molecular complexity index is 1710. The van der Waals surface area contributed by atoms with E-state index in [1.165, 1.54) is 21.9 Å². The SMILES string of the molecule is [N-]=[N+]=NCc1ccc(Cl)c(Sc2cc(C(F)(F)Cl)[nH]c(=O)c2C(=O)N2Cc3ccc(N4CCCOC4=O)cc3C2)c1Cl. The number of azide groups is 1. The smallest absolute Gasteiger partial charge is 0.414 e. The van der Waals surface area contributed by atoms with Crippen molar-refractivity contribution in [1.29, 1.82) is 0 Å². The predicted molar refractivity (Wildman–Crippen MR) is 154 cm³/mol. The lowest BCUT2D eigenvalue weighted by atomic mass is 10.1. The van der Waals surface area contributed by atoms with Crippen molar-refractivity contribution in [2.45, 2.75) is 41.2 Å². The molecule has 2 amide bonds. The number of hydrogen-bond donors (Lipinski definition) is 1. The van der Waals surface area contributed by atoms with E-state index in [2.05, 4.69) is 10.0 Å². The van der Waals surface area contributed by atoms with Crippen molar-refractivity contribution >= 4 is 64.3 Å². The van der Waals surface area contributed by atoms with E-state index in [9.17, 15) is 23.2 Å². The van der Waals surface area contributed by atoms with E-state index in [1.54, 1.807) is 18.2 Å². The predicted octanol–water partition coefficient (Wildman–Crippen LogP) is 7.43. The second-order valence-corrected chi connectivity index (χ2v) is 11.6. The van der Waals surface area contributed by atoms with Crippen LogP contribution >= 0.6 is 46.6 Å². The molecule has 5 rings (SSSR count). The molecule has 1 N–H and O–H groups in total. The molecule has 2 aliphatic heterocycles. The first-order valence-electron chi connectivity index (χ1n) is 12.3. The molecule has 0 spiro atoms. The summed E-state index contributed by atoms with van der Waals surface area (Å²) in [5, 5.41) is -0.279. The van der Waals surface area contributed by atoms with Gasteiger partial charge in [-0.2, -0.15) is 8.78 Å². The standard InChI is InChI=1S/C26H19Cl3F2N6O4S/c27-17-5-3-13(10-33-35-32)21(28)22(17)42-18-9-19(26(29,30)31)34-23(38)20(18)24(39)36-11-14-2-4-16(8-15(14)12-36)37-6-1-7-41-25(37)40/h2-5,8-9H,1,6-7,10-12H2,(H,34,38). The van der Waals surface area contributed by atoms with Gasteiger partial charge in [-0.25, -0.2) is 4.79 Å². The highest BCUT2D eigenvalue weighted by molar-refractivity contribution is 7.99. The number of aromatic nitrogens is 1. The largest absolute Gasteiger partial charge is 0.449 e. The van der Waals surface area contributed by atoms with Crippen LogP contribution in [0.3, 0.4) is 0 Å². The molecule has 2 aromatic carbocycles. The zero-order valence-electron chi connectivity index (χ0n) is 21.4. The summed E-state index contributed by atoms with van der Waals surface area (Å²) in [5.41, 5.74) is 8.81. The fourth-order valence-corrected chi connectivity index (χ4v) is 6.44. The molecule has 0 atom stereocenters. The third-order valence-electron chi connectivity index (χ3n) is 6.64. The molecule has 1 saturated heterocycles. The minimum atomic E-state index is -3.94. The number of fused-ring (bicyclic) bond motifs is 1. The number of cyclic esters (lactones) is 1. The average Bonchev–Trinajstić information content (AvgIpc) is 3.38. The summed E-state index contributed by atoms with van der Waals surface area (Å²) < 4.78 is 33.3. The van der Waals surface area contributed by atoms with E-state index in [-0.39, 0.29) is 39.5 Å². The maximum Gasteiger partial charge on any atom is 0.414 e. The highest BCUT2D eigenvalue weighted by Crippen LogP contribution is 2.43. The average molecular weight is 656 g/mol. The van der Waals surface area contributed by atoms with Gasteiger partial charge in [0, 0.05) is 40.0 Å². The van der Waals surface area contributed by atoms with Crippen molar-refractivity contribution in [2.75, 3.05) is 18.1 Å². The Hall–Kier alpha value is -3.48. The Kier molecular flexibility index (Phi) is 8.58. The lowest BCUT2D eigenvalue weighted by Crippen LogP contribution is -2.37. The number of amides is 2. The Morgan fingerprint density at radius 3 is 2.64 bits per heavy atom. The number of carbonyl (C=O) groups excluding carboxylic acids is 2. The molecule has 16 heteroatoms. The summed E-state index contributed by atoms with van der Waals surface area (Å²) in [6, 6.07) is 9.22. The summed E-state index contributed by atoms with van der Waals surface area (Å²) in [5.74, 6) is -0.726. The van der Waals surface area contributed by atoms with Gasteiger partial charge in [-0.3, -0.25) is 14.5 Å². The van der Waals surface area contributed by atoms with E-state index in [1.807, 2.05) is 4.98 Å². The highest BCUT2D eigenvalue weighted by atomic mass is 35.5. The summed E-state index contributed by atoms with van der Waals surface area (Å²) >= 11 is 18.8. The minimum absolute atomic E-state index is 0.0649. The maximum absolute atomic E-state index is 14.1. The molecule has 0 aliphatic carbocycles. The van der Waals surface area contributed by atoms with Gasteiger partial charge in [0.15, 0.2) is 0 Å². The number of ether oxygens (including phenoxy) is 1. The van der Waals surface area contributed by atoms with Crippen LogP contribution in [0.25, 0.3) is 10.4 Å². The fraction of sp³-hybridized carbons (Fsp3) is 0.269. The molecule has 1 fully saturated rings. The number of alkyl halides is 3. The van der Waals surface area contributed by atoms with Crippen LogP contribution in [0.1, 0.15) is 39.2 Å². The number of halogens is 5. The summed E-state index contributed by atoms with van der Waals surface area (Å²) in [7, 11) is 0. The number of nitrogens with zero attached hydrogens (tertiary/aromatic N) is 5. The number of H-pyrrole nitrogens is 1. The molecule has 2 aliphatic rings. The quantitative estimate of drug-likeness (QED) is 0.122. The molecule has 218 valence electrons. The molecule has 3 heterocycles. The molecule has 42 heavy (non-hydrogen) atoms. The van der Waals surface area contributed by atoms with Crippen LogP contribution < -0.4 is 10.5 Å². The van der Waals surface area contributed by atoms with Gasteiger partial charge in [-0.15, -0.1) is 0 Å². The molecule has 0 saturated carbocycles. The van der Waals surface area contributed by atoms with E-state index in [4.69, 9.17) is 45.1 Å². The minimum Gasteiger partial charge on any atom is -0.449 e. The maximum atomic E-state index is 14.1. The first kappa shape index (κ1) is 30.0. The van der Waals surface area contributed by atoms with Gasteiger partial charge in [0.25, 0.3) is 11.5 Å². The number of hydrogen-bond acceptors (Lipinski definition) is 6. The highest BCUT2D eigenvalue weighted by Gasteiger charge is 2.35. The van der Waals surface area contributed by atoms with E-state index in [0.717, 1.165) is 29.0 Å². The number of carbonyl (C=O) groups is 2. The fourth-order valence-electron chi connectivity index (χ4n) is 4.61. The molecular formula is C26H19Cl3F2N6O4S. The van der Waals surface area contributed by atoms with Gasteiger partial charge in [0.2, 0.25) is 0 Å². The van der Waals surface area contributed by atoms with E-state index in [0.29, 0.717) is 30.8 Å². The lowest BCUT2D eigenvalue weighted by molar-refractivity contribution is 0.0740. The topological polar surface area (TPSA) is 131 Å². The Labute approximate surface area is 256 Å². The van der Waals surface area contributed by atoms with Crippen molar-refractivity contribution < 1.29 is 23.1 Å². The van der Waals surface area contributed by atoms with Crippen molar-refractivity contribution in [2.24, 2.45) is 5.11 Å². The first-order chi connectivity index (χ1) is 20.0. The number of aromatic amines is 1. The zero-order valence-corrected chi connectivity index (χ0v) is 24.5. The van der Waals surface area contributed by atoms with Crippen molar-refractivity contribution in [3.05, 3.63) is 95.2 Å². The number of anilines is 1. The second-order valence-electron chi connectivity index (χ2n) is 9.32. The van der Waals surface area contributed by atoms with Crippen molar-refractivity contribution in [3.63, 3.8) is 0 Å². The zero-order chi connectivity index (χ0) is 30.2. The Morgan fingerprint density at radius 2 is 1.93 bits per heavy atom. The van der Waals surface area contributed by atoms with Crippen molar-refractivity contribution in [1.82, 2.24) is 9.88 Å².